The molecule has 0 unspecified atom stereocenters. The summed E-state index contributed by atoms with van der Waals surface area (Å²) >= 11 is 1.36. The van der Waals surface area contributed by atoms with Crippen LogP contribution in [-0.2, 0) is 11.3 Å². The largest absolute Gasteiger partial charge is 0.483 e. The van der Waals surface area contributed by atoms with Crippen molar-refractivity contribution >= 4 is 34.4 Å². The first-order valence-electron chi connectivity index (χ1n) is 8.23. The van der Waals surface area contributed by atoms with Crippen LogP contribution in [0.1, 0.15) is 11.1 Å². The number of benzene rings is 2. The third kappa shape index (κ3) is 5.82. The predicted octanol–water partition coefficient (Wildman–Crippen LogP) is 2.87. The van der Waals surface area contributed by atoms with E-state index >= 15 is 0 Å². The minimum Gasteiger partial charge on any atom is -0.483 e. The number of nitrogens with two attached hydrogens (primary N) is 1. The molecule has 0 saturated heterocycles. The van der Waals surface area contributed by atoms with Crippen molar-refractivity contribution in [1.29, 1.82) is 0 Å². The zero-order valence-electron chi connectivity index (χ0n) is 14.5. The molecule has 0 aliphatic rings. The van der Waals surface area contributed by atoms with Gasteiger partial charge in [-0.2, -0.15) is 5.10 Å². The molecule has 1 amide bonds. The van der Waals surface area contributed by atoms with Crippen LogP contribution >= 0.6 is 11.3 Å². The molecule has 7 nitrogen and oxygen atoms in total. The molecule has 0 spiro atoms. The summed E-state index contributed by atoms with van der Waals surface area (Å²) in [6.07, 6.45) is 1.61. The molecule has 0 aliphatic heterocycles. The summed E-state index contributed by atoms with van der Waals surface area (Å²) in [6.45, 7) is 0.390. The normalized spacial score (nSPS) is 10.7. The molecule has 4 N–H and O–H groups in total. The Labute approximate surface area is 160 Å². The Morgan fingerprint density at radius 2 is 1.96 bits per heavy atom. The Bertz CT molecular complexity index is 911. The van der Waals surface area contributed by atoms with Gasteiger partial charge in [-0.1, -0.05) is 42.5 Å². The number of aromatic nitrogens is 1. The lowest BCUT2D eigenvalue weighted by Gasteiger charge is -2.09. The van der Waals surface area contributed by atoms with E-state index in [9.17, 15) is 4.79 Å². The van der Waals surface area contributed by atoms with E-state index in [2.05, 4.69) is 20.8 Å². The van der Waals surface area contributed by atoms with Gasteiger partial charge in [-0.15, -0.1) is 11.3 Å². The lowest BCUT2D eigenvalue weighted by Crippen LogP contribution is -2.28. The van der Waals surface area contributed by atoms with Crippen molar-refractivity contribution in [1.82, 2.24) is 10.3 Å². The van der Waals surface area contributed by atoms with Crippen molar-refractivity contribution in [2.45, 2.75) is 6.54 Å². The van der Waals surface area contributed by atoms with Crippen LogP contribution in [0, 0.1) is 0 Å². The SMILES string of the molecule is Nc1csc(NN=Cc2ccccc2OCC(=O)NCc2ccccc2)n1. The van der Waals surface area contributed by atoms with Crippen molar-refractivity contribution in [2.75, 3.05) is 17.8 Å². The van der Waals surface area contributed by atoms with E-state index in [4.69, 9.17) is 10.5 Å². The zero-order chi connectivity index (χ0) is 18.9. The molecule has 27 heavy (non-hydrogen) atoms. The lowest BCUT2D eigenvalue weighted by atomic mass is 10.2. The number of nitrogens with one attached hydrogen (secondary N) is 2. The highest BCUT2D eigenvalue weighted by molar-refractivity contribution is 7.14. The number of hydrogen-bond donors (Lipinski definition) is 3. The first-order chi connectivity index (χ1) is 13.2. The number of para-hydroxylation sites is 1. The number of nitrogens with zero attached hydrogens (tertiary/aromatic N) is 2. The summed E-state index contributed by atoms with van der Waals surface area (Å²) < 4.78 is 5.63. The van der Waals surface area contributed by atoms with Gasteiger partial charge in [0.1, 0.15) is 11.6 Å². The lowest BCUT2D eigenvalue weighted by molar-refractivity contribution is -0.123. The number of thiazole rings is 1. The van der Waals surface area contributed by atoms with Gasteiger partial charge in [0, 0.05) is 17.5 Å². The van der Waals surface area contributed by atoms with E-state index in [1.165, 1.54) is 11.3 Å². The van der Waals surface area contributed by atoms with Gasteiger partial charge in [-0.25, -0.2) is 4.98 Å². The molecule has 3 rings (SSSR count). The van der Waals surface area contributed by atoms with Crippen LogP contribution in [0.3, 0.4) is 0 Å². The van der Waals surface area contributed by atoms with Gasteiger partial charge >= 0.3 is 0 Å². The second-order valence-corrected chi connectivity index (χ2v) is 6.39. The van der Waals surface area contributed by atoms with Crippen molar-refractivity contribution in [3.63, 3.8) is 0 Å². The third-order valence-electron chi connectivity index (χ3n) is 3.50. The van der Waals surface area contributed by atoms with Gasteiger partial charge in [-0.05, 0) is 17.7 Å². The second kappa shape index (κ2) is 9.35. The monoisotopic (exact) mass is 381 g/mol. The molecular weight excluding hydrogens is 362 g/mol. The number of carbonyl (C=O) groups excluding carboxylic acids is 1. The first-order valence-corrected chi connectivity index (χ1v) is 9.11. The standard InChI is InChI=1S/C19H19N5O2S/c20-17-13-27-19(23-17)24-22-11-15-8-4-5-9-16(15)26-12-18(25)21-10-14-6-2-1-3-7-14/h1-9,11,13H,10,12,20H2,(H,21,25)(H,23,24). The van der Waals surface area contributed by atoms with Crippen molar-refractivity contribution in [2.24, 2.45) is 5.10 Å². The maximum Gasteiger partial charge on any atom is 0.258 e. The van der Waals surface area contributed by atoms with Gasteiger partial charge in [0.25, 0.3) is 5.91 Å². The summed E-state index contributed by atoms with van der Waals surface area (Å²) in [5, 5.41) is 9.28. The fraction of sp³-hybridized carbons (Fsp3) is 0.105. The highest BCUT2D eigenvalue weighted by atomic mass is 32.1. The number of hydrazone groups is 1. The molecule has 8 heteroatoms. The van der Waals surface area contributed by atoms with E-state index in [0.717, 1.165) is 11.1 Å². The summed E-state index contributed by atoms with van der Waals surface area (Å²) in [6, 6.07) is 17.0. The van der Waals surface area contributed by atoms with Crippen molar-refractivity contribution < 1.29 is 9.53 Å². The molecule has 0 fully saturated rings. The highest BCUT2D eigenvalue weighted by Gasteiger charge is 2.06. The molecule has 2 aromatic carbocycles. The molecule has 0 aliphatic carbocycles. The van der Waals surface area contributed by atoms with Crippen LogP contribution in [0.5, 0.6) is 5.75 Å². The molecule has 0 radical (unpaired) electrons. The van der Waals surface area contributed by atoms with E-state index in [1.54, 1.807) is 17.7 Å². The fourth-order valence-corrected chi connectivity index (χ4v) is 2.75. The number of amides is 1. The number of rotatable bonds is 8. The summed E-state index contributed by atoms with van der Waals surface area (Å²) in [5.74, 6) is 0.821. The molecule has 1 aromatic heterocycles. The molecule has 138 valence electrons. The van der Waals surface area contributed by atoms with Gasteiger partial charge in [0.05, 0.1) is 6.21 Å². The van der Waals surface area contributed by atoms with E-state index in [-0.39, 0.29) is 12.5 Å². The minimum atomic E-state index is -0.193. The number of anilines is 2. The van der Waals surface area contributed by atoms with Gasteiger partial charge in [0.15, 0.2) is 6.61 Å². The van der Waals surface area contributed by atoms with E-state index in [1.807, 2.05) is 48.5 Å². The van der Waals surface area contributed by atoms with E-state index in [0.29, 0.717) is 23.2 Å². The second-order valence-electron chi connectivity index (χ2n) is 5.54. The van der Waals surface area contributed by atoms with E-state index < -0.39 is 0 Å². The Hall–Kier alpha value is -3.39. The number of carbonyl (C=O) groups is 1. The van der Waals surface area contributed by atoms with Crippen molar-refractivity contribution in [3.8, 4) is 5.75 Å². The quantitative estimate of drug-likeness (QED) is 0.411. The number of ether oxygens (including phenoxy) is 1. The Kier molecular flexibility index (Phi) is 6.37. The summed E-state index contributed by atoms with van der Waals surface area (Å²) in [5.41, 5.74) is 10.1. The van der Waals surface area contributed by atoms with Crippen LogP contribution in [0.4, 0.5) is 10.9 Å². The van der Waals surface area contributed by atoms with Gasteiger partial charge in [0.2, 0.25) is 5.13 Å². The first kappa shape index (κ1) is 18.4. The fourth-order valence-electron chi connectivity index (χ4n) is 2.20. The van der Waals surface area contributed by atoms with Gasteiger partial charge < -0.3 is 15.8 Å². The maximum absolute atomic E-state index is 12.0. The summed E-state index contributed by atoms with van der Waals surface area (Å²) in [7, 11) is 0. The molecule has 0 atom stereocenters. The zero-order valence-corrected chi connectivity index (χ0v) is 15.3. The van der Waals surface area contributed by atoms with Gasteiger partial charge in [-0.3, -0.25) is 10.2 Å². The van der Waals surface area contributed by atoms with Crippen molar-refractivity contribution in [3.05, 3.63) is 71.1 Å². The topological polar surface area (TPSA) is 102 Å². The Balaban J connectivity index is 1.51. The third-order valence-corrected chi connectivity index (χ3v) is 4.26. The Morgan fingerprint density at radius 1 is 1.19 bits per heavy atom. The minimum absolute atomic E-state index is 0.0753. The van der Waals surface area contributed by atoms with Crippen LogP contribution in [0.2, 0.25) is 0 Å². The average molecular weight is 381 g/mol. The number of nitrogen functional groups attached to an aromatic ring is 1. The molecule has 3 aromatic rings. The predicted molar refractivity (Wildman–Crippen MR) is 108 cm³/mol. The molecule has 0 bridgehead atoms. The highest BCUT2D eigenvalue weighted by Crippen LogP contribution is 2.18. The van der Waals surface area contributed by atoms with Crippen LogP contribution in [0.15, 0.2) is 65.1 Å². The maximum atomic E-state index is 12.0. The molecule has 0 saturated carbocycles. The average Bonchev–Trinajstić information content (AvgIpc) is 3.11. The number of hydrogen-bond acceptors (Lipinski definition) is 7. The molecule has 1 heterocycles. The van der Waals surface area contributed by atoms with Crippen LogP contribution < -0.4 is 21.2 Å². The summed E-state index contributed by atoms with van der Waals surface area (Å²) in [4.78, 5) is 16.1. The Morgan fingerprint density at radius 3 is 2.74 bits per heavy atom. The van der Waals surface area contributed by atoms with Crippen LogP contribution in [-0.4, -0.2) is 23.7 Å². The van der Waals surface area contributed by atoms with Crippen LogP contribution in [0.25, 0.3) is 0 Å². The smallest absolute Gasteiger partial charge is 0.258 e. The molecular formula is C19H19N5O2S.